The van der Waals surface area contributed by atoms with E-state index in [1.807, 2.05) is 24.4 Å². The van der Waals surface area contributed by atoms with Crippen molar-refractivity contribution in [1.29, 1.82) is 0 Å². The topological polar surface area (TPSA) is 144 Å². The van der Waals surface area contributed by atoms with E-state index >= 15 is 0 Å². The summed E-state index contributed by atoms with van der Waals surface area (Å²) in [7, 11) is 1.61. The molecule has 0 radical (unpaired) electrons. The van der Waals surface area contributed by atoms with Gasteiger partial charge in [-0.25, -0.2) is 19.6 Å². The number of halogens is 6. The van der Waals surface area contributed by atoms with Gasteiger partial charge < -0.3 is 29.3 Å². The van der Waals surface area contributed by atoms with E-state index in [9.17, 15) is 26.3 Å². The van der Waals surface area contributed by atoms with Crippen LogP contribution in [-0.2, 0) is 25.7 Å². The zero-order chi connectivity index (χ0) is 29.3. The highest BCUT2D eigenvalue weighted by Gasteiger charge is 2.53. The minimum absolute atomic E-state index is 0.118. The number of pyridine rings is 1. The molecule has 11 nitrogen and oxygen atoms in total. The second-order valence-electron chi connectivity index (χ2n) is 8.16. The SMILES string of the molecule is COc1cc(N2CC3(C2)OCCC3COCc2cccnc2)ncn1.O=C(O)C(F)(F)F.O=C(O)C(F)(F)F. The van der Waals surface area contributed by atoms with Gasteiger partial charge in [-0.1, -0.05) is 6.07 Å². The first-order chi connectivity index (χ1) is 18.2. The molecule has 1 unspecified atom stereocenters. The first-order valence-corrected chi connectivity index (χ1v) is 11.0. The molecule has 39 heavy (non-hydrogen) atoms. The fourth-order valence-corrected chi connectivity index (χ4v) is 3.55. The van der Waals surface area contributed by atoms with Crippen LogP contribution in [0.1, 0.15) is 12.0 Å². The molecule has 0 aliphatic carbocycles. The molecule has 1 atom stereocenters. The standard InChI is InChI=1S/C18H22N4O3.2C2HF3O2/c1-23-17-7-16(20-13-21-17)22-11-18(12-22)15(4-6-25-18)10-24-9-14-3-2-5-19-8-14;2*3-2(4,5)1(6)7/h2-3,5,7-8,13,15H,4,6,9-12H2,1H3;2*(H,6,7). The van der Waals surface area contributed by atoms with Crippen LogP contribution in [0.25, 0.3) is 0 Å². The van der Waals surface area contributed by atoms with Crippen molar-refractivity contribution in [2.45, 2.75) is 31.0 Å². The Bertz CT molecular complexity index is 1060. The van der Waals surface area contributed by atoms with Gasteiger partial charge in [0.25, 0.3) is 0 Å². The van der Waals surface area contributed by atoms with Gasteiger partial charge >= 0.3 is 24.3 Å². The Labute approximate surface area is 217 Å². The van der Waals surface area contributed by atoms with Gasteiger partial charge in [-0.3, -0.25) is 4.98 Å². The van der Waals surface area contributed by atoms with Gasteiger partial charge in [0.15, 0.2) is 0 Å². The number of hydrogen-bond acceptors (Lipinski definition) is 9. The third-order valence-electron chi connectivity index (χ3n) is 5.47. The molecule has 2 saturated heterocycles. The van der Waals surface area contributed by atoms with Crippen LogP contribution >= 0.6 is 0 Å². The van der Waals surface area contributed by atoms with Crippen molar-refractivity contribution in [1.82, 2.24) is 15.0 Å². The van der Waals surface area contributed by atoms with Crippen LogP contribution < -0.4 is 9.64 Å². The average Bonchev–Trinajstić information content (AvgIpc) is 3.27. The molecule has 2 aliphatic rings. The molecule has 4 heterocycles. The van der Waals surface area contributed by atoms with Gasteiger partial charge in [0.05, 0.1) is 33.4 Å². The van der Waals surface area contributed by atoms with E-state index in [2.05, 4.69) is 19.9 Å². The summed E-state index contributed by atoms with van der Waals surface area (Å²) < 4.78 is 80.7. The Hall–Kier alpha value is -3.73. The fourth-order valence-electron chi connectivity index (χ4n) is 3.55. The van der Waals surface area contributed by atoms with E-state index in [0.717, 1.165) is 37.5 Å². The van der Waals surface area contributed by atoms with Crippen molar-refractivity contribution in [3.05, 3.63) is 42.5 Å². The predicted molar refractivity (Wildman–Crippen MR) is 119 cm³/mol. The summed E-state index contributed by atoms with van der Waals surface area (Å²) in [6.45, 7) is 3.74. The molecule has 0 amide bonds. The van der Waals surface area contributed by atoms with Crippen molar-refractivity contribution in [3.63, 3.8) is 0 Å². The van der Waals surface area contributed by atoms with Crippen LogP contribution in [0.5, 0.6) is 5.88 Å². The number of hydrogen-bond donors (Lipinski definition) is 2. The summed E-state index contributed by atoms with van der Waals surface area (Å²) >= 11 is 0. The molecule has 17 heteroatoms. The zero-order valence-electron chi connectivity index (χ0n) is 20.3. The maximum atomic E-state index is 10.6. The summed E-state index contributed by atoms with van der Waals surface area (Å²) in [5.74, 6) is -3.65. The quantitative estimate of drug-likeness (QED) is 0.495. The maximum absolute atomic E-state index is 10.6. The monoisotopic (exact) mass is 570 g/mol. The molecule has 2 fully saturated rings. The minimum atomic E-state index is -5.08. The molecule has 2 N–H and O–H groups in total. The lowest BCUT2D eigenvalue weighted by Gasteiger charge is -2.50. The Kier molecular flexibility index (Phi) is 10.8. The van der Waals surface area contributed by atoms with Crippen molar-refractivity contribution >= 4 is 17.8 Å². The minimum Gasteiger partial charge on any atom is -0.481 e. The smallest absolute Gasteiger partial charge is 0.481 e. The molecule has 2 aromatic heterocycles. The Morgan fingerprint density at radius 1 is 1.13 bits per heavy atom. The molecule has 4 rings (SSSR count). The van der Waals surface area contributed by atoms with Gasteiger partial charge in [0, 0.05) is 31.0 Å². The van der Waals surface area contributed by atoms with Gasteiger partial charge in [-0.15, -0.1) is 0 Å². The number of methoxy groups -OCH3 is 1. The van der Waals surface area contributed by atoms with E-state index in [4.69, 9.17) is 34.0 Å². The number of alkyl halides is 6. The van der Waals surface area contributed by atoms with Crippen LogP contribution in [-0.4, -0.2) is 88.5 Å². The number of aliphatic carboxylic acids is 2. The number of aromatic nitrogens is 3. The van der Waals surface area contributed by atoms with E-state index in [1.165, 1.54) is 6.33 Å². The van der Waals surface area contributed by atoms with Crippen LogP contribution in [0.4, 0.5) is 32.2 Å². The first kappa shape index (κ1) is 31.5. The highest BCUT2D eigenvalue weighted by molar-refractivity contribution is 5.73. The third kappa shape index (κ3) is 9.51. The van der Waals surface area contributed by atoms with Crippen molar-refractivity contribution < 1.29 is 60.4 Å². The lowest BCUT2D eigenvalue weighted by Crippen LogP contribution is -2.65. The molecule has 216 valence electrons. The van der Waals surface area contributed by atoms with Crippen LogP contribution in [0, 0.1) is 5.92 Å². The number of carboxylic acid groups (broad SMARTS) is 2. The summed E-state index contributed by atoms with van der Waals surface area (Å²) in [4.78, 5) is 32.5. The largest absolute Gasteiger partial charge is 0.490 e. The van der Waals surface area contributed by atoms with Crippen LogP contribution in [0.15, 0.2) is 36.9 Å². The number of nitrogens with zero attached hydrogens (tertiary/aromatic N) is 4. The predicted octanol–water partition coefficient (Wildman–Crippen LogP) is 2.96. The lowest BCUT2D eigenvalue weighted by atomic mass is 9.81. The first-order valence-electron chi connectivity index (χ1n) is 11.0. The Balaban J connectivity index is 0.000000317. The molecule has 0 bridgehead atoms. The van der Waals surface area contributed by atoms with Gasteiger partial charge in [0.1, 0.15) is 17.7 Å². The van der Waals surface area contributed by atoms with E-state index in [0.29, 0.717) is 25.0 Å². The molecule has 1 spiro atoms. The number of carboxylic acids is 2. The lowest BCUT2D eigenvalue weighted by molar-refractivity contribution is -0.193. The molecule has 2 aliphatic heterocycles. The fraction of sp³-hybridized carbons (Fsp3) is 0.500. The zero-order valence-corrected chi connectivity index (χ0v) is 20.3. The summed E-state index contributed by atoms with van der Waals surface area (Å²) in [5, 5.41) is 14.2. The third-order valence-corrected chi connectivity index (χ3v) is 5.47. The Morgan fingerprint density at radius 3 is 2.26 bits per heavy atom. The van der Waals surface area contributed by atoms with E-state index in [1.54, 1.807) is 13.3 Å². The second kappa shape index (κ2) is 13.4. The number of carbonyl (C=O) groups is 2. The molecular weight excluding hydrogens is 546 g/mol. The van der Waals surface area contributed by atoms with E-state index < -0.39 is 24.3 Å². The number of anilines is 1. The molecule has 0 saturated carbocycles. The highest BCUT2D eigenvalue weighted by Crippen LogP contribution is 2.41. The number of ether oxygens (including phenoxy) is 3. The molecule has 0 aromatic carbocycles. The molecule has 2 aromatic rings. The van der Waals surface area contributed by atoms with Gasteiger partial charge in [0.2, 0.25) is 5.88 Å². The molecular formula is C22H24F6N4O7. The van der Waals surface area contributed by atoms with Crippen molar-refractivity contribution in [3.8, 4) is 5.88 Å². The summed E-state index contributed by atoms with van der Waals surface area (Å²) in [6.07, 6.45) is -3.99. The maximum Gasteiger partial charge on any atom is 0.490 e. The van der Waals surface area contributed by atoms with Crippen molar-refractivity contribution in [2.75, 3.05) is 38.3 Å². The average molecular weight is 570 g/mol. The van der Waals surface area contributed by atoms with Gasteiger partial charge in [-0.2, -0.15) is 26.3 Å². The Morgan fingerprint density at radius 2 is 1.74 bits per heavy atom. The van der Waals surface area contributed by atoms with Crippen LogP contribution in [0.2, 0.25) is 0 Å². The van der Waals surface area contributed by atoms with Crippen molar-refractivity contribution in [2.24, 2.45) is 5.92 Å². The van der Waals surface area contributed by atoms with Gasteiger partial charge in [-0.05, 0) is 18.1 Å². The number of rotatable bonds is 6. The normalized spacial score (nSPS) is 17.7. The highest BCUT2D eigenvalue weighted by atomic mass is 19.4. The van der Waals surface area contributed by atoms with E-state index in [-0.39, 0.29) is 5.60 Å². The second-order valence-corrected chi connectivity index (χ2v) is 8.16. The summed E-state index contributed by atoms with van der Waals surface area (Å²) in [6, 6.07) is 5.82. The summed E-state index contributed by atoms with van der Waals surface area (Å²) in [5.41, 5.74) is 0.978. The van der Waals surface area contributed by atoms with Crippen LogP contribution in [0.3, 0.4) is 0 Å².